The quantitative estimate of drug-likeness (QED) is 0.780. The Balaban J connectivity index is 2.07. The van der Waals surface area contributed by atoms with Crippen LogP contribution in [0.15, 0.2) is 18.2 Å². The fourth-order valence-electron chi connectivity index (χ4n) is 2.67. The third-order valence-electron chi connectivity index (χ3n) is 3.89. The van der Waals surface area contributed by atoms with Crippen LogP contribution in [0.1, 0.15) is 41.3 Å². The van der Waals surface area contributed by atoms with Crippen LogP contribution in [0.4, 0.5) is 0 Å². The van der Waals surface area contributed by atoms with Crippen molar-refractivity contribution in [3.63, 3.8) is 0 Å². The van der Waals surface area contributed by atoms with Crippen LogP contribution in [0, 0.1) is 19.8 Å². The highest BCUT2D eigenvalue weighted by Crippen LogP contribution is 2.21. The topological polar surface area (TPSA) is 37.4 Å². The second-order valence-corrected chi connectivity index (χ2v) is 5.49. The van der Waals surface area contributed by atoms with Crippen LogP contribution in [0.3, 0.4) is 0 Å². The van der Waals surface area contributed by atoms with Crippen molar-refractivity contribution < 1.29 is 9.59 Å². The molecule has 1 fully saturated rings. The van der Waals surface area contributed by atoms with Gasteiger partial charge in [-0.25, -0.2) is 0 Å². The van der Waals surface area contributed by atoms with Gasteiger partial charge in [0.2, 0.25) is 5.91 Å². The van der Waals surface area contributed by atoms with Gasteiger partial charge >= 0.3 is 0 Å². The molecule has 2 rings (SSSR count). The molecule has 1 aromatic carbocycles. The Morgan fingerprint density at radius 3 is 2.68 bits per heavy atom. The van der Waals surface area contributed by atoms with Gasteiger partial charge in [0, 0.05) is 18.5 Å². The Morgan fingerprint density at radius 1 is 1.37 bits per heavy atom. The van der Waals surface area contributed by atoms with Crippen molar-refractivity contribution in [2.45, 2.75) is 33.6 Å². The van der Waals surface area contributed by atoms with Crippen LogP contribution >= 0.6 is 0 Å². The number of rotatable bonds is 4. The van der Waals surface area contributed by atoms with Gasteiger partial charge in [0.1, 0.15) is 0 Å². The monoisotopic (exact) mass is 259 g/mol. The standard InChI is InChI=1S/C16H21NO2/c1-4-13-8-16(19)17(9-13)10-15(18)14-6-5-11(2)7-12(14)3/h5-7,13H,4,8-10H2,1-3H3. The lowest BCUT2D eigenvalue weighted by Gasteiger charge is -2.16. The molecule has 0 spiro atoms. The van der Waals surface area contributed by atoms with E-state index < -0.39 is 0 Å². The van der Waals surface area contributed by atoms with E-state index >= 15 is 0 Å². The summed E-state index contributed by atoms with van der Waals surface area (Å²) in [4.78, 5) is 25.8. The van der Waals surface area contributed by atoms with Crippen molar-refractivity contribution in [1.82, 2.24) is 4.90 Å². The van der Waals surface area contributed by atoms with E-state index in [1.807, 2.05) is 32.0 Å². The number of amides is 1. The molecule has 0 bridgehead atoms. The fraction of sp³-hybridized carbons (Fsp3) is 0.500. The highest BCUT2D eigenvalue weighted by atomic mass is 16.2. The molecule has 1 aromatic rings. The van der Waals surface area contributed by atoms with E-state index in [1.54, 1.807) is 4.90 Å². The molecule has 0 radical (unpaired) electrons. The van der Waals surface area contributed by atoms with E-state index in [-0.39, 0.29) is 18.2 Å². The van der Waals surface area contributed by atoms with E-state index in [0.717, 1.165) is 29.7 Å². The summed E-state index contributed by atoms with van der Waals surface area (Å²) in [5, 5.41) is 0. The third-order valence-corrected chi connectivity index (χ3v) is 3.89. The van der Waals surface area contributed by atoms with Crippen molar-refractivity contribution in [3.05, 3.63) is 34.9 Å². The minimum atomic E-state index is 0.0441. The summed E-state index contributed by atoms with van der Waals surface area (Å²) < 4.78 is 0. The number of benzene rings is 1. The van der Waals surface area contributed by atoms with Gasteiger partial charge in [-0.3, -0.25) is 9.59 Å². The minimum absolute atomic E-state index is 0.0441. The smallest absolute Gasteiger partial charge is 0.223 e. The van der Waals surface area contributed by atoms with Crippen LogP contribution < -0.4 is 0 Å². The molecule has 3 nitrogen and oxygen atoms in total. The molecule has 1 aliphatic heterocycles. The maximum atomic E-state index is 12.3. The third kappa shape index (κ3) is 3.03. The zero-order valence-corrected chi connectivity index (χ0v) is 11.9. The Bertz CT molecular complexity index is 507. The summed E-state index contributed by atoms with van der Waals surface area (Å²) in [7, 11) is 0. The summed E-state index contributed by atoms with van der Waals surface area (Å²) in [6.07, 6.45) is 1.59. The molecule has 19 heavy (non-hydrogen) atoms. The first-order chi connectivity index (χ1) is 9.01. The van der Waals surface area contributed by atoms with Crippen molar-refractivity contribution in [2.75, 3.05) is 13.1 Å². The van der Waals surface area contributed by atoms with Gasteiger partial charge in [-0.05, 0) is 25.3 Å². The second-order valence-electron chi connectivity index (χ2n) is 5.49. The Morgan fingerprint density at radius 2 is 2.11 bits per heavy atom. The van der Waals surface area contributed by atoms with Crippen LogP contribution in [-0.4, -0.2) is 29.7 Å². The van der Waals surface area contributed by atoms with E-state index in [2.05, 4.69) is 6.92 Å². The first kappa shape index (κ1) is 13.8. The highest BCUT2D eigenvalue weighted by molar-refractivity contribution is 6.00. The predicted molar refractivity (Wildman–Crippen MR) is 75.2 cm³/mol. The highest BCUT2D eigenvalue weighted by Gasteiger charge is 2.29. The Kier molecular flexibility index (Phi) is 4.03. The lowest BCUT2D eigenvalue weighted by atomic mass is 10.0. The first-order valence-corrected chi connectivity index (χ1v) is 6.89. The zero-order chi connectivity index (χ0) is 14.0. The second kappa shape index (κ2) is 5.55. The number of carbonyl (C=O) groups is 2. The number of hydrogen-bond acceptors (Lipinski definition) is 2. The van der Waals surface area contributed by atoms with Gasteiger partial charge in [-0.2, -0.15) is 0 Å². The molecular formula is C16H21NO2. The fourth-order valence-corrected chi connectivity index (χ4v) is 2.67. The summed E-state index contributed by atoms with van der Waals surface area (Å²) in [5.74, 6) is 0.576. The van der Waals surface area contributed by atoms with Crippen molar-refractivity contribution in [1.29, 1.82) is 0 Å². The van der Waals surface area contributed by atoms with Gasteiger partial charge in [-0.1, -0.05) is 37.1 Å². The van der Waals surface area contributed by atoms with Crippen molar-refractivity contribution in [3.8, 4) is 0 Å². The SMILES string of the molecule is CCC1CC(=O)N(CC(=O)c2ccc(C)cc2C)C1. The molecule has 1 amide bonds. The Labute approximate surface area is 114 Å². The average molecular weight is 259 g/mol. The first-order valence-electron chi connectivity index (χ1n) is 6.89. The van der Waals surface area contributed by atoms with Crippen LogP contribution in [0.5, 0.6) is 0 Å². The molecule has 1 saturated heterocycles. The normalized spacial score (nSPS) is 19.0. The van der Waals surface area contributed by atoms with Gasteiger partial charge in [-0.15, -0.1) is 0 Å². The Hall–Kier alpha value is -1.64. The number of Topliss-reactive ketones (excluding diaryl/α,β-unsaturated/α-hetero) is 1. The van der Waals surface area contributed by atoms with Gasteiger partial charge in [0.25, 0.3) is 0 Å². The number of hydrogen-bond donors (Lipinski definition) is 0. The molecule has 0 N–H and O–H groups in total. The molecule has 1 unspecified atom stereocenters. The number of likely N-dealkylation sites (tertiary alicyclic amines) is 1. The van der Waals surface area contributed by atoms with Crippen LogP contribution in [0.2, 0.25) is 0 Å². The van der Waals surface area contributed by atoms with Crippen molar-refractivity contribution in [2.24, 2.45) is 5.92 Å². The van der Waals surface area contributed by atoms with Crippen LogP contribution in [0.25, 0.3) is 0 Å². The van der Waals surface area contributed by atoms with E-state index in [1.165, 1.54) is 0 Å². The lowest BCUT2D eigenvalue weighted by Crippen LogP contribution is -2.31. The molecule has 0 saturated carbocycles. The summed E-state index contributed by atoms with van der Waals surface area (Å²) in [6.45, 7) is 7.00. The number of nitrogens with zero attached hydrogens (tertiary/aromatic N) is 1. The molecular weight excluding hydrogens is 238 g/mol. The molecule has 1 aliphatic rings. The largest absolute Gasteiger partial charge is 0.335 e. The summed E-state index contributed by atoms with van der Waals surface area (Å²) in [5.41, 5.74) is 2.87. The maximum Gasteiger partial charge on any atom is 0.223 e. The summed E-state index contributed by atoms with van der Waals surface area (Å²) in [6, 6.07) is 5.82. The summed E-state index contributed by atoms with van der Waals surface area (Å²) >= 11 is 0. The minimum Gasteiger partial charge on any atom is -0.335 e. The average Bonchev–Trinajstić information content (AvgIpc) is 2.70. The number of ketones is 1. The zero-order valence-electron chi connectivity index (χ0n) is 11.9. The molecule has 1 atom stereocenters. The van der Waals surface area contributed by atoms with E-state index in [9.17, 15) is 9.59 Å². The van der Waals surface area contributed by atoms with Gasteiger partial charge < -0.3 is 4.90 Å². The maximum absolute atomic E-state index is 12.3. The van der Waals surface area contributed by atoms with Gasteiger partial charge in [0.15, 0.2) is 5.78 Å². The molecule has 0 aliphatic carbocycles. The number of aryl methyl sites for hydroxylation is 2. The predicted octanol–water partition coefficient (Wildman–Crippen LogP) is 2.74. The van der Waals surface area contributed by atoms with E-state index in [0.29, 0.717) is 12.3 Å². The molecule has 0 aromatic heterocycles. The van der Waals surface area contributed by atoms with Crippen LogP contribution in [-0.2, 0) is 4.79 Å². The van der Waals surface area contributed by atoms with Crippen molar-refractivity contribution >= 4 is 11.7 Å². The molecule has 1 heterocycles. The molecule has 102 valence electrons. The number of carbonyl (C=O) groups excluding carboxylic acids is 2. The van der Waals surface area contributed by atoms with Gasteiger partial charge in [0.05, 0.1) is 6.54 Å². The lowest BCUT2D eigenvalue weighted by molar-refractivity contribution is -0.127. The van der Waals surface area contributed by atoms with E-state index in [4.69, 9.17) is 0 Å². The molecule has 3 heteroatoms.